The fraction of sp³-hybridized carbons (Fsp3) is 0.0870. The third-order valence-electron chi connectivity index (χ3n) is 4.21. The van der Waals surface area contributed by atoms with Gasteiger partial charge in [0.15, 0.2) is 0 Å². The van der Waals surface area contributed by atoms with Crippen LogP contribution in [0.25, 0.3) is 0 Å². The summed E-state index contributed by atoms with van der Waals surface area (Å²) in [5.41, 5.74) is 2.48. The molecule has 5 nitrogen and oxygen atoms in total. The Morgan fingerprint density at radius 1 is 0.929 bits per heavy atom. The normalized spacial score (nSPS) is 10.1. The van der Waals surface area contributed by atoms with Gasteiger partial charge in [0.1, 0.15) is 5.82 Å². The largest absolute Gasteiger partial charge is 0.348 e. The van der Waals surface area contributed by atoms with E-state index >= 15 is 0 Å². The van der Waals surface area contributed by atoms with Gasteiger partial charge in [-0.2, -0.15) is 0 Å². The van der Waals surface area contributed by atoms with Gasteiger partial charge in [0.25, 0.3) is 5.91 Å². The second-order valence-electron chi connectivity index (χ2n) is 6.18. The first-order chi connectivity index (χ1) is 13.7. The molecule has 0 radical (unpaired) electrons. The van der Waals surface area contributed by atoms with E-state index in [0.29, 0.717) is 24.5 Å². The topological polar surface area (TPSA) is 62.3 Å². The maximum Gasteiger partial charge on any atom is 0.259 e. The smallest absolute Gasteiger partial charge is 0.259 e. The quantitative estimate of drug-likeness (QED) is 0.644. The number of nitrogens with zero attached hydrogens (tertiary/aromatic N) is 2. The molecule has 3 rings (SSSR count). The Hall–Kier alpha value is -3.73. The molecular formula is C23H21N3O2. The predicted molar refractivity (Wildman–Crippen MR) is 110 cm³/mol. The van der Waals surface area contributed by atoms with Crippen molar-refractivity contribution in [2.75, 3.05) is 4.90 Å². The predicted octanol–water partition coefficient (Wildman–Crippen LogP) is 3.73. The fourth-order valence-corrected chi connectivity index (χ4v) is 2.72. The molecule has 0 spiro atoms. The number of carbonyl (C=O) groups is 2. The SMILES string of the molecule is C=CC(=O)NCc1ccc(C(=O)N(Cc2ccccc2)c2ccccn2)cc1. The van der Waals surface area contributed by atoms with E-state index < -0.39 is 0 Å². The number of benzene rings is 2. The van der Waals surface area contributed by atoms with Crippen molar-refractivity contribution < 1.29 is 9.59 Å². The summed E-state index contributed by atoms with van der Waals surface area (Å²) >= 11 is 0. The van der Waals surface area contributed by atoms with E-state index in [2.05, 4.69) is 16.9 Å². The maximum atomic E-state index is 13.2. The van der Waals surface area contributed by atoms with E-state index in [0.717, 1.165) is 11.1 Å². The number of pyridine rings is 1. The van der Waals surface area contributed by atoms with E-state index in [1.54, 1.807) is 23.2 Å². The average molecular weight is 371 g/mol. The number of rotatable bonds is 7. The lowest BCUT2D eigenvalue weighted by atomic mass is 10.1. The van der Waals surface area contributed by atoms with Crippen molar-refractivity contribution >= 4 is 17.6 Å². The molecule has 2 aromatic carbocycles. The van der Waals surface area contributed by atoms with Crippen LogP contribution in [0.15, 0.2) is 91.6 Å². The van der Waals surface area contributed by atoms with Gasteiger partial charge in [0, 0.05) is 18.3 Å². The van der Waals surface area contributed by atoms with Crippen LogP contribution in [0, 0.1) is 0 Å². The summed E-state index contributed by atoms with van der Waals surface area (Å²) < 4.78 is 0. The second-order valence-corrected chi connectivity index (χ2v) is 6.18. The van der Waals surface area contributed by atoms with Gasteiger partial charge in [-0.05, 0) is 41.5 Å². The summed E-state index contributed by atoms with van der Waals surface area (Å²) in [5, 5.41) is 2.72. The van der Waals surface area contributed by atoms with Crippen LogP contribution in [0.4, 0.5) is 5.82 Å². The molecule has 0 bridgehead atoms. The third-order valence-corrected chi connectivity index (χ3v) is 4.21. The number of hydrogen-bond acceptors (Lipinski definition) is 3. The fourth-order valence-electron chi connectivity index (χ4n) is 2.72. The lowest BCUT2D eigenvalue weighted by Gasteiger charge is -2.22. The van der Waals surface area contributed by atoms with Crippen LogP contribution >= 0.6 is 0 Å². The van der Waals surface area contributed by atoms with E-state index in [1.165, 1.54) is 6.08 Å². The zero-order chi connectivity index (χ0) is 19.8. The van der Waals surface area contributed by atoms with Gasteiger partial charge in [-0.1, -0.05) is 55.1 Å². The Morgan fingerprint density at radius 3 is 2.29 bits per heavy atom. The molecule has 28 heavy (non-hydrogen) atoms. The van der Waals surface area contributed by atoms with Crippen molar-refractivity contribution in [1.82, 2.24) is 10.3 Å². The highest BCUT2D eigenvalue weighted by atomic mass is 16.2. The molecule has 1 aromatic heterocycles. The lowest BCUT2D eigenvalue weighted by Crippen LogP contribution is -2.31. The van der Waals surface area contributed by atoms with Crippen LogP contribution in [-0.4, -0.2) is 16.8 Å². The van der Waals surface area contributed by atoms with Gasteiger partial charge in [-0.3, -0.25) is 14.5 Å². The monoisotopic (exact) mass is 371 g/mol. The minimum absolute atomic E-state index is 0.135. The Balaban J connectivity index is 1.80. The number of hydrogen-bond donors (Lipinski definition) is 1. The van der Waals surface area contributed by atoms with Crippen LogP contribution in [-0.2, 0) is 17.9 Å². The highest BCUT2D eigenvalue weighted by Crippen LogP contribution is 2.18. The zero-order valence-electron chi connectivity index (χ0n) is 15.4. The molecular weight excluding hydrogens is 350 g/mol. The van der Waals surface area contributed by atoms with Crippen LogP contribution in [0.5, 0.6) is 0 Å². The number of aromatic nitrogens is 1. The molecule has 0 aliphatic rings. The van der Waals surface area contributed by atoms with Crippen molar-refractivity contribution in [3.05, 3.63) is 108 Å². The minimum atomic E-state index is -0.232. The molecule has 2 amide bonds. The van der Waals surface area contributed by atoms with Crippen molar-refractivity contribution in [3.8, 4) is 0 Å². The highest BCUT2D eigenvalue weighted by molar-refractivity contribution is 6.05. The summed E-state index contributed by atoms with van der Waals surface area (Å²) in [6.45, 7) is 4.23. The van der Waals surface area contributed by atoms with Gasteiger partial charge in [-0.25, -0.2) is 4.98 Å². The second kappa shape index (κ2) is 9.28. The Kier molecular flexibility index (Phi) is 6.31. The van der Waals surface area contributed by atoms with Crippen LogP contribution < -0.4 is 10.2 Å². The Bertz CT molecular complexity index is 939. The first kappa shape index (κ1) is 19.0. The molecule has 0 saturated heterocycles. The maximum absolute atomic E-state index is 13.2. The van der Waals surface area contributed by atoms with Gasteiger partial charge < -0.3 is 5.32 Å². The van der Waals surface area contributed by atoms with Crippen molar-refractivity contribution in [2.24, 2.45) is 0 Å². The molecule has 0 aliphatic carbocycles. The van der Waals surface area contributed by atoms with Crippen molar-refractivity contribution in [1.29, 1.82) is 0 Å². The zero-order valence-corrected chi connectivity index (χ0v) is 15.4. The van der Waals surface area contributed by atoms with Gasteiger partial charge >= 0.3 is 0 Å². The Morgan fingerprint density at radius 2 is 1.64 bits per heavy atom. The highest BCUT2D eigenvalue weighted by Gasteiger charge is 2.19. The average Bonchev–Trinajstić information content (AvgIpc) is 2.77. The summed E-state index contributed by atoms with van der Waals surface area (Å²) in [6.07, 6.45) is 2.90. The van der Waals surface area contributed by atoms with Crippen molar-refractivity contribution in [3.63, 3.8) is 0 Å². The molecule has 140 valence electrons. The molecule has 1 N–H and O–H groups in total. The molecule has 0 atom stereocenters. The van der Waals surface area contributed by atoms with E-state index in [4.69, 9.17) is 0 Å². The van der Waals surface area contributed by atoms with Crippen LogP contribution in [0.1, 0.15) is 21.5 Å². The summed E-state index contributed by atoms with van der Waals surface area (Å²) in [6, 6.07) is 22.5. The summed E-state index contributed by atoms with van der Waals surface area (Å²) in [4.78, 5) is 30.5. The Labute approximate surface area is 164 Å². The molecule has 1 heterocycles. The molecule has 0 unspecified atom stereocenters. The number of carbonyl (C=O) groups excluding carboxylic acids is 2. The van der Waals surface area contributed by atoms with E-state index in [1.807, 2.05) is 60.7 Å². The lowest BCUT2D eigenvalue weighted by molar-refractivity contribution is -0.116. The van der Waals surface area contributed by atoms with Gasteiger partial charge in [-0.15, -0.1) is 0 Å². The molecule has 0 saturated carbocycles. The van der Waals surface area contributed by atoms with E-state index in [9.17, 15) is 9.59 Å². The molecule has 0 aliphatic heterocycles. The molecule has 5 heteroatoms. The number of amides is 2. The molecule has 0 fully saturated rings. The van der Waals surface area contributed by atoms with Gasteiger partial charge in [0.05, 0.1) is 6.54 Å². The number of anilines is 1. The van der Waals surface area contributed by atoms with E-state index in [-0.39, 0.29) is 11.8 Å². The molecule has 3 aromatic rings. The van der Waals surface area contributed by atoms with Crippen molar-refractivity contribution in [2.45, 2.75) is 13.1 Å². The van der Waals surface area contributed by atoms with Gasteiger partial charge in [0.2, 0.25) is 5.91 Å². The number of nitrogens with one attached hydrogen (secondary N) is 1. The minimum Gasteiger partial charge on any atom is -0.348 e. The first-order valence-electron chi connectivity index (χ1n) is 8.93. The summed E-state index contributed by atoms with van der Waals surface area (Å²) in [7, 11) is 0. The standard InChI is InChI=1S/C23H21N3O2/c1-2-22(27)25-16-18-11-13-20(14-12-18)23(28)26(21-10-6-7-15-24-21)17-19-8-4-3-5-9-19/h2-15H,1,16-17H2,(H,25,27). The van der Waals surface area contributed by atoms with Crippen LogP contribution in [0.3, 0.4) is 0 Å². The third kappa shape index (κ3) is 4.92. The summed E-state index contributed by atoms with van der Waals surface area (Å²) in [5.74, 6) is 0.229. The van der Waals surface area contributed by atoms with Crippen LogP contribution in [0.2, 0.25) is 0 Å². The first-order valence-corrected chi connectivity index (χ1v) is 8.93.